The zero-order valence-electron chi connectivity index (χ0n) is 5.91. The third-order valence-electron chi connectivity index (χ3n) is 1.48. The van der Waals surface area contributed by atoms with Gasteiger partial charge in [0.2, 0.25) is 10.0 Å². The van der Waals surface area contributed by atoms with Crippen molar-refractivity contribution in [3.8, 4) is 0 Å². The zero-order chi connectivity index (χ0) is 7.61. The van der Waals surface area contributed by atoms with Gasteiger partial charge in [0.05, 0.1) is 12.4 Å². The van der Waals surface area contributed by atoms with E-state index in [4.69, 9.17) is 4.74 Å². The van der Waals surface area contributed by atoms with Gasteiger partial charge < -0.3 is 4.74 Å². The summed E-state index contributed by atoms with van der Waals surface area (Å²) in [5.41, 5.74) is 0. The van der Waals surface area contributed by atoms with Gasteiger partial charge in [-0.25, -0.2) is 8.42 Å². The van der Waals surface area contributed by atoms with Crippen LogP contribution in [0.15, 0.2) is 0 Å². The van der Waals surface area contributed by atoms with Gasteiger partial charge in [-0.3, -0.25) is 0 Å². The van der Waals surface area contributed by atoms with Crippen LogP contribution in [-0.4, -0.2) is 38.4 Å². The molecule has 0 radical (unpaired) electrons. The SMILES string of the molecule is CCS(=O)(=O)N1CCOC1. The zero-order valence-corrected chi connectivity index (χ0v) is 6.73. The van der Waals surface area contributed by atoms with Crippen LogP contribution >= 0.6 is 0 Å². The Labute approximate surface area is 60.8 Å². The highest BCUT2D eigenvalue weighted by atomic mass is 32.2. The molecule has 0 aliphatic carbocycles. The van der Waals surface area contributed by atoms with Gasteiger partial charge in [0, 0.05) is 6.54 Å². The summed E-state index contributed by atoms with van der Waals surface area (Å²) >= 11 is 0. The predicted octanol–water partition coefficient (Wildman–Crippen LogP) is -0.374. The molecular weight excluding hydrogens is 154 g/mol. The van der Waals surface area contributed by atoms with Crippen molar-refractivity contribution in [2.75, 3.05) is 25.6 Å². The lowest BCUT2D eigenvalue weighted by atomic mass is 10.7. The Kier molecular flexibility index (Phi) is 2.28. The number of hydrogen-bond donors (Lipinski definition) is 0. The third kappa shape index (κ3) is 1.47. The maximum absolute atomic E-state index is 11.0. The van der Waals surface area contributed by atoms with Crippen LogP contribution in [0.1, 0.15) is 6.92 Å². The Morgan fingerprint density at radius 1 is 1.60 bits per heavy atom. The minimum absolute atomic E-state index is 0.163. The average molecular weight is 165 g/mol. The van der Waals surface area contributed by atoms with E-state index in [0.717, 1.165) is 0 Å². The Morgan fingerprint density at radius 3 is 2.70 bits per heavy atom. The largest absolute Gasteiger partial charge is 0.364 e. The molecule has 1 heterocycles. The van der Waals surface area contributed by atoms with Crippen LogP contribution in [0.4, 0.5) is 0 Å². The first-order valence-electron chi connectivity index (χ1n) is 3.22. The average Bonchev–Trinajstić information content (AvgIpc) is 2.38. The van der Waals surface area contributed by atoms with Gasteiger partial charge in [-0.05, 0) is 6.92 Å². The summed E-state index contributed by atoms with van der Waals surface area (Å²) in [4.78, 5) is 0. The van der Waals surface area contributed by atoms with E-state index in [9.17, 15) is 8.42 Å². The molecule has 10 heavy (non-hydrogen) atoms. The van der Waals surface area contributed by atoms with Crippen molar-refractivity contribution < 1.29 is 13.2 Å². The lowest BCUT2D eigenvalue weighted by Gasteiger charge is -2.10. The molecular formula is C5H11NO3S. The number of hydrogen-bond acceptors (Lipinski definition) is 3. The normalized spacial score (nSPS) is 21.7. The molecule has 60 valence electrons. The van der Waals surface area contributed by atoms with Gasteiger partial charge in [0.15, 0.2) is 0 Å². The fraction of sp³-hybridized carbons (Fsp3) is 1.00. The monoisotopic (exact) mass is 165 g/mol. The number of sulfonamides is 1. The lowest BCUT2D eigenvalue weighted by Crippen LogP contribution is -2.29. The first-order chi connectivity index (χ1) is 4.67. The number of rotatable bonds is 2. The van der Waals surface area contributed by atoms with Crippen molar-refractivity contribution in [1.29, 1.82) is 0 Å². The first kappa shape index (κ1) is 7.97. The van der Waals surface area contributed by atoms with Gasteiger partial charge in [-0.2, -0.15) is 4.31 Å². The van der Waals surface area contributed by atoms with Crippen LogP contribution in [0.2, 0.25) is 0 Å². The molecule has 4 nitrogen and oxygen atoms in total. The van der Waals surface area contributed by atoms with Crippen molar-refractivity contribution in [3.05, 3.63) is 0 Å². The van der Waals surface area contributed by atoms with Crippen LogP contribution in [0.5, 0.6) is 0 Å². The molecule has 1 fully saturated rings. The molecule has 0 amide bonds. The maximum atomic E-state index is 11.0. The van der Waals surface area contributed by atoms with E-state index in [1.807, 2.05) is 0 Å². The summed E-state index contributed by atoms with van der Waals surface area (Å²) in [6.07, 6.45) is 0. The second kappa shape index (κ2) is 2.86. The summed E-state index contributed by atoms with van der Waals surface area (Å²) in [7, 11) is -2.99. The van der Waals surface area contributed by atoms with Crippen LogP contribution in [0.3, 0.4) is 0 Å². The van der Waals surface area contributed by atoms with Crippen molar-refractivity contribution in [1.82, 2.24) is 4.31 Å². The number of ether oxygens (including phenoxy) is 1. The Bertz CT molecular complexity index is 193. The molecule has 0 atom stereocenters. The quantitative estimate of drug-likeness (QED) is 0.560. The van der Waals surface area contributed by atoms with Crippen LogP contribution in [0.25, 0.3) is 0 Å². The molecule has 1 aliphatic rings. The highest BCUT2D eigenvalue weighted by Gasteiger charge is 2.23. The molecule has 1 saturated heterocycles. The van der Waals surface area contributed by atoms with Crippen molar-refractivity contribution >= 4 is 10.0 Å². The van der Waals surface area contributed by atoms with Crippen LogP contribution in [-0.2, 0) is 14.8 Å². The molecule has 1 rings (SSSR count). The fourth-order valence-electron chi connectivity index (χ4n) is 0.799. The Hall–Kier alpha value is -0.130. The molecule has 0 aromatic rings. The maximum Gasteiger partial charge on any atom is 0.215 e. The first-order valence-corrected chi connectivity index (χ1v) is 4.83. The van der Waals surface area contributed by atoms with Crippen molar-refractivity contribution in [2.24, 2.45) is 0 Å². The van der Waals surface area contributed by atoms with Gasteiger partial charge in [0.25, 0.3) is 0 Å². The van der Waals surface area contributed by atoms with E-state index in [1.165, 1.54) is 4.31 Å². The summed E-state index contributed by atoms with van der Waals surface area (Å²) in [6.45, 7) is 2.90. The molecule has 5 heteroatoms. The number of nitrogens with zero attached hydrogens (tertiary/aromatic N) is 1. The van der Waals surface area contributed by atoms with Crippen LogP contribution < -0.4 is 0 Å². The van der Waals surface area contributed by atoms with E-state index >= 15 is 0 Å². The van der Waals surface area contributed by atoms with E-state index in [0.29, 0.717) is 13.2 Å². The van der Waals surface area contributed by atoms with E-state index in [-0.39, 0.29) is 12.5 Å². The van der Waals surface area contributed by atoms with Crippen LogP contribution in [0, 0.1) is 0 Å². The molecule has 0 aromatic carbocycles. The van der Waals surface area contributed by atoms with E-state index < -0.39 is 10.0 Å². The predicted molar refractivity (Wildman–Crippen MR) is 37.0 cm³/mol. The lowest BCUT2D eigenvalue weighted by molar-refractivity contribution is 0.172. The summed E-state index contributed by atoms with van der Waals surface area (Å²) in [5.74, 6) is 0.163. The molecule has 0 bridgehead atoms. The minimum atomic E-state index is -2.99. The molecule has 0 saturated carbocycles. The Balaban J connectivity index is 2.63. The molecule has 1 aliphatic heterocycles. The van der Waals surface area contributed by atoms with Gasteiger partial charge in [-0.1, -0.05) is 0 Å². The van der Waals surface area contributed by atoms with Gasteiger partial charge in [0.1, 0.15) is 6.73 Å². The summed E-state index contributed by atoms with van der Waals surface area (Å²) in [5, 5.41) is 0. The van der Waals surface area contributed by atoms with Gasteiger partial charge >= 0.3 is 0 Å². The summed E-state index contributed by atoms with van der Waals surface area (Å²) in [6, 6.07) is 0. The highest BCUT2D eigenvalue weighted by molar-refractivity contribution is 7.89. The highest BCUT2D eigenvalue weighted by Crippen LogP contribution is 2.05. The topological polar surface area (TPSA) is 46.6 Å². The second-order valence-corrected chi connectivity index (χ2v) is 4.37. The standard InChI is InChI=1S/C5H11NO3S/c1-2-10(7,8)6-3-4-9-5-6/h2-5H2,1H3. The molecule has 0 N–H and O–H groups in total. The third-order valence-corrected chi connectivity index (χ3v) is 3.28. The van der Waals surface area contributed by atoms with Crippen molar-refractivity contribution in [3.63, 3.8) is 0 Å². The molecule has 0 spiro atoms. The smallest absolute Gasteiger partial charge is 0.215 e. The molecule has 0 aromatic heterocycles. The summed E-state index contributed by atoms with van der Waals surface area (Å²) < 4.78 is 28.3. The Morgan fingerprint density at radius 2 is 2.30 bits per heavy atom. The van der Waals surface area contributed by atoms with Gasteiger partial charge in [-0.15, -0.1) is 0 Å². The fourth-order valence-corrected chi connectivity index (χ4v) is 1.75. The van der Waals surface area contributed by atoms with E-state index in [2.05, 4.69) is 0 Å². The van der Waals surface area contributed by atoms with Crippen molar-refractivity contribution in [2.45, 2.75) is 6.92 Å². The minimum Gasteiger partial charge on any atom is -0.364 e. The second-order valence-electron chi connectivity index (χ2n) is 2.11. The van der Waals surface area contributed by atoms with E-state index in [1.54, 1.807) is 6.92 Å². The molecule has 0 unspecified atom stereocenters.